The van der Waals surface area contributed by atoms with Crippen LogP contribution in [0.3, 0.4) is 0 Å². The molecule has 27 heavy (non-hydrogen) atoms. The highest BCUT2D eigenvalue weighted by molar-refractivity contribution is 9.10. The number of aryl methyl sites for hydroxylation is 2. The molecule has 2 aromatic heterocycles. The minimum Gasteiger partial charge on any atom is -0.350 e. The van der Waals surface area contributed by atoms with Crippen molar-refractivity contribution in [2.45, 2.75) is 12.3 Å². The van der Waals surface area contributed by atoms with Crippen LogP contribution in [0.1, 0.15) is 34.1 Å². The van der Waals surface area contributed by atoms with Gasteiger partial charge in [0.2, 0.25) is 0 Å². The molecule has 0 aliphatic heterocycles. The smallest absolute Gasteiger partial charge is 0.199 e. The number of Topliss-reactive ketones (excluding diaryl/α,β-unsaturated/α-hetero) is 1. The van der Waals surface area contributed by atoms with Crippen LogP contribution in [0.2, 0.25) is 0 Å². The fourth-order valence-corrected chi connectivity index (χ4v) is 4.27. The second-order valence-electron chi connectivity index (χ2n) is 6.78. The summed E-state index contributed by atoms with van der Waals surface area (Å²) in [6.45, 7) is 0. The predicted molar refractivity (Wildman–Crippen MR) is 111 cm³/mol. The Bertz CT molecular complexity index is 1130. The van der Waals surface area contributed by atoms with Gasteiger partial charge in [-0.05, 0) is 23.3 Å². The highest BCUT2D eigenvalue weighted by Gasteiger charge is 2.25. The molecule has 0 saturated carbocycles. The number of carbonyl (C=O) groups excluding carboxylic acids is 1. The Labute approximate surface area is 166 Å². The zero-order chi connectivity index (χ0) is 19.0. The lowest BCUT2D eigenvalue weighted by molar-refractivity contribution is 0.0964. The first-order chi connectivity index (χ1) is 13.1. The first-order valence-corrected chi connectivity index (χ1v) is 9.64. The fourth-order valence-electron chi connectivity index (χ4n) is 3.71. The number of hydrogen-bond acceptors (Lipinski definition) is 2. The van der Waals surface area contributed by atoms with Crippen molar-refractivity contribution in [2.24, 2.45) is 14.1 Å². The average molecular weight is 422 g/mol. The lowest BCUT2D eigenvalue weighted by Gasteiger charge is -2.18. The second-order valence-corrected chi connectivity index (χ2v) is 7.63. The fraction of sp³-hybridized carbons (Fsp3) is 0.182. The zero-order valence-electron chi connectivity index (χ0n) is 15.3. The van der Waals surface area contributed by atoms with Crippen molar-refractivity contribution in [1.29, 1.82) is 0 Å². The van der Waals surface area contributed by atoms with Gasteiger partial charge in [-0.25, -0.2) is 4.98 Å². The maximum absolute atomic E-state index is 13.0. The molecule has 5 heteroatoms. The first kappa shape index (κ1) is 17.7. The van der Waals surface area contributed by atoms with Crippen molar-refractivity contribution in [3.8, 4) is 0 Å². The molecule has 0 spiro atoms. The Kier molecular flexibility index (Phi) is 4.70. The molecule has 4 rings (SSSR count). The van der Waals surface area contributed by atoms with Crippen LogP contribution < -0.4 is 0 Å². The van der Waals surface area contributed by atoms with Gasteiger partial charge < -0.3 is 9.13 Å². The molecule has 0 radical (unpaired) electrons. The van der Waals surface area contributed by atoms with Gasteiger partial charge >= 0.3 is 0 Å². The number of rotatable bonds is 5. The van der Waals surface area contributed by atoms with Crippen molar-refractivity contribution in [3.05, 3.63) is 88.5 Å². The van der Waals surface area contributed by atoms with Crippen LogP contribution in [0.25, 0.3) is 10.9 Å². The van der Waals surface area contributed by atoms with E-state index in [-0.39, 0.29) is 11.7 Å². The molecule has 1 unspecified atom stereocenters. The molecule has 2 heterocycles. The number of nitrogens with zero attached hydrogens (tertiary/aromatic N) is 3. The Hall–Kier alpha value is -2.66. The first-order valence-electron chi connectivity index (χ1n) is 8.85. The normalized spacial score (nSPS) is 12.4. The van der Waals surface area contributed by atoms with Crippen molar-refractivity contribution in [2.75, 3.05) is 0 Å². The highest BCUT2D eigenvalue weighted by Crippen LogP contribution is 2.38. The van der Waals surface area contributed by atoms with E-state index in [1.165, 1.54) is 5.39 Å². The molecule has 0 N–H and O–H groups in total. The van der Waals surface area contributed by atoms with E-state index in [4.69, 9.17) is 0 Å². The van der Waals surface area contributed by atoms with Crippen LogP contribution in [-0.2, 0) is 14.1 Å². The van der Waals surface area contributed by atoms with E-state index in [0.717, 1.165) is 21.1 Å². The van der Waals surface area contributed by atoms with E-state index in [1.54, 1.807) is 17.0 Å². The predicted octanol–water partition coefficient (Wildman–Crippen LogP) is 5.08. The van der Waals surface area contributed by atoms with Gasteiger partial charge in [-0.1, -0.05) is 52.3 Å². The van der Waals surface area contributed by atoms with Crippen LogP contribution in [0, 0.1) is 0 Å². The summed E-state index contributed by atoms with van der Waals surface area (Å²) in [5.74, 6) is 0.472. The van der Waals surface area contributed by atoms with Gasteiger partial charge in [0.1, 0.15) is 0 Å². The van der Waals surface area contributed by atoms with Gasteiger partial charge in [-0.15, -0.1) is 0 Å². The maximum Gasteiger partial charge on any atom is 0.199 e. The van der Waals surface area contributed by atoms with Crippen molar-refractivity contribution < 1.29 is 4.79 Å². The van der Waals surface area contributed by atoms with E-state index >= 15 is 0 Å². The Morgan fingerprint density at radius 3 is 2.52 bits per heavy atom. The third-order valence-corrected chi connectivity index (χ3v) is 5.77. The Balaban J connectivity index is 1.85. The van der Waals surface area contributed by atoms with Crippen molar-refractivity contribution in [3.63, 3.8) is 0 Å². The molecule has 4 aromatic rings. The van der Waals surface area contributed by atoms with Gasteiger partial charge in [0, 0.05) is 60.4 Å². The SMILES string of the molecule is Cn1ccnc1C(=O)CC(c1ccccc1Br)c1cn(C)c2ccccc12. The van der Waals surface area contributed by atoms with E-state index in [1.807, 2.05) is 44.4 Å². The lowest BCUT2D eigenvalue weighted by Crippen LogP contribution is -2.13. The molecular formula is C22H20BrN3O. The van der Waals surface area contributed by atoms with Gasteiger partial charge in [0.05, 0.1) is 0 Å². The molecule has 2 aromatic carbocycles. The third-order valence-electron chi connectivity index (χ3n) is 5.04. The average Bonchev–Trinajstić information content (AvgIpc) is 3.24. The van der Waals surface area contributed by atoms with Gasteiger partial charge in [0.15, 0.2) is 11.6 Å². The van der Waals surface area contributed by atoms with Gasteiger partial charge in [0.25, 0.3) is 0 Å². The molecule has 1 atom stereocenters. The topological polar surface area (TPSA) is 39.8 Å². The minimum atomic E-state index is -0.0594. The number of halogens is 1. The van der Waals surface area contributed by atoms with Crippen LogP contribution in [0.15, 0.2) is 71.6 Å². The standard InChI is InChI=1S/C22H20BrN3O/c1-25-12-11-24-22(25)21(27)13-17(15-7-3-5-9-19(15)23)18-14-26(2)20-10-6-4-8-16(18)20/h3-12,14,17H,13H2,1-2H3. The van der Waals surface area contributed by atoms with Gasteiger partial charge in [-0.2, -0.15) is 0 Å². The van der Waals surface area contributed by atoms with Crippen LogP contribution in [-0.4, -0.2) is 19.9 Å². The maximum atomic E-state index is 13.0. The Morgan fingerprint density at radius 2 is 1.78 bits per heavy atom. The lowest BCUT2D eigenvalue weighted by atomic mass is 9.86. The number of imidazole rings is 1. The third kappa shape index (κ3) is 3.23. The summed E-state index contributed by atoms with van der Waals surface area (Å²) < 4.78 is 4.91. The molecule has 0 fully saturated rings. The number of hydrogen-bond donors (Lipinski definition) is 0. The van der Waals surface area contributed by atoms with Gasteiger partial charge in [-0.3, -0.25) is 4.79 Å². The van der Waals surface area contributed by atoms with E-state index < -0.39 is 0 Å². The summed E-state index contributed by atoms with van der Waals surface area (Å²) in [7, 11) is 3.90. The molecule has 0 amide bonds. The number of aromatic nitrogens is 3. The summed E-state index contributed by atoms with van der Waals surface area (Å²) in [4.78, 5) is 17.3. The number of fused-ring (bicyclic) bond motifs is 1. The largest absolute Gasteiger partial charge is 0.350 e. The molecule has 0 aliphatic rings. The summed E-state index contributed by atoms with van der Waals surface area (Å²) in [6.07, 6.45) is 5.97. The number of para-hydroxylation sites is 1. The summed E-state index contributed by atoms with van der Waals surface area (Å²) in [5.41, 5.74) is 3.42. The number of benzene rings is 2. The summed E-state index contributed by atoms with van der Waals surface area (Å²) >= 11 is 3.68. The summed E-state index contributed by atoms with van der Waals surface area (Å²) in [5, 5.41) is 1.17. The molecule has 0 aliphatic carbocycles. The number of carbonyl (C=O) groups is 1. The quantitative estimate of drug-likeness (QED) is 0.421. The van der Waals surface area contributed by atoms with Crippen LogP contribution in [0.5, 0.6) is 0 Å². The monoisotopic (exact) mass is 421 g/mol. The molecule has 4 nitrogen and oxygen atoms in total. The molecule has 0 bridgehead atoms. The second kappa shape index (κ2) is 7.16. The molecule has 0 saturated heterocycles. The Morgan fingerprint density at radius 1 is 1.04 bits per heavy atom. The molecule has 136 valence electrons. The van der Waals surface area contributed by atoms with Crippen molar-refractivity contribution >= 4 is 32.6 Å². The highest BCUT2D eigenvalue weighted by atomic mass is 79.9. The van der Waals surface area contributed by atoms with E-state index in [9.17, 15) is 4.79 Å². The zero-order valence-corrected chi connectivity index (χ0v) is 16.8. The van der Waals surface area contributed by atoms with Crippen molar-refractivity contribution in [1.82, 2.24) is 14.1 Å². The number of ketones is 1. The minimum absolute atomic E-state index is 0.0381. The van der Waals surface area contributed by atoms with E-state index in [0.29, 0.717) is 12.2 Å². The van der Waals surface area contributed by atoms with Crippen LogP contribution >= 0.6 is 15.9 Å². The van der Waals surface area contributed by atoms with Crippen LogP contribution in [0.4, 0.5) is 0 Å². The van der Waals surface area contributed by atoms with E-state index in [2.05, 4.69) is 49.9 Å². The molecular weight excluding hydrogens is 402 g/mol. The summed E-state index contributed by atoms with van der Waals surface area (Å²) in [6, 6.07) is 16.4.